The largest absolute Gasteiger partial charge is 0.468 e. The van der Waals surface area contributed by atoms with E-state index in [2.05, 4.69) is 0 Å². The highest BCUT2D eigenvalue weighted by Crippen LogP contribution is 2.37. The van der Waals surface area contributed by atoms with Crippen LogP contribution in [0.2, 0.25) is 0 Å². The van der Waals surface area contributed by atoms with Gasteiger partial charge >= 0.3 is 5.97 Å². The first-order valence-corrected chi connectivity index (χ1v) is 11.9. The van der Waals surface area contributed by atoms with Gasteiger partial charge < -0.3 is 9.64 Å². The average Bonchev–Trinajstić information content (AvgIpc) is 3.18. The maximum Gasteiger partial charge on any atom is 0.316 e. The van der Waals surface area contributed by atoms with Crippen LogP contribution in [0.5, 0.6) is 0 Å². The zero-order valence-corrected chi connectivity index (χ0v) is 20.0. The van der Waals surface area contributed by atoms with Gasteiger partial charge in [0.05, 0.1) is 30.2 Å². The number of amides is 3. The van der Waals surface area contributed by atoms with Gasteiger partial charge in [-0.1, -0.05) is 54.6 Å². The van der Waals surface area contributed by atoms with Crippen LogP contribution >= 0.6 is 0 Å². The Kier molecular flexibility index (Phi) is 6.14. The van der Waals surface area contributed by atoms with Gasteiger partial charge in [0.15, 0.2) is 0 Å². The van der Waals surface area contributed by atoms with Gasteiger partial charge in [-0.05, 0) is 48.2 Å². The van der Waals surface area contributed by atoms with Crippen molar-refractivity contribution in [1.82, 2.24) is 9.80 Å². The monoisotopic (exact) mass is 482 g/mol. The van der Waals surface area contributed by atoms with Gasteiger partial charge in [-0.15, -0.1) is 0 Å². The Morgan fingerprint density at radius 3 is 1.92 bits per heavy atom. The predicted molar refractivity (Wildman–Crippen MR) is 132 cm³/mol. The topological polar surface area (TPSA) is 84.0 Å². The van der Waals surface area contributed by atoms with Gasteiger partial charge in [-0.3, -0.25) is 24.1 Å². The first-order valence-electron chi connectivity index (χ1n) is 11.9. The Morgan fingerprint density at radius 1 is 0.806 bits per heavy atom. The van der Waals surface area contributed by atoms with E-state index in [4.69, 9.17) is 4.74 Å². The minimum absolute atomic E-state index is 0.117. The van der Waals surface area contributed by atoms with Crippen molar-refractivity contribution >= 4 is 23.7 Å². The summed E-state index contributed by atoms with van der Waals surface area (Å²) in [7, 11) is 1.40. The molecule has 36 heavy (non-hydrogen) atoms. The summed E-state index contributed by atoms with van der Waals surface area (Å²) in [5, 5.41) is 0. The highest BCUT2D eigenvalue weighted by molar-refractivity contribution is 6.21. The molecule has 0 spiro atoms. The lowest BCUT2D eigenvalue weighted by Crippen LogP contribution is -2.49. The quantitative estimate of drug-likeness (QED) is 0.408. The van der Waals surface area contributed by atoms with E-state index in [-0.39, 0.29) is 30.2 Å². The number of benzene rings is 3. The molecule has 2 aliphatic rings. The zero-order chi connectivity index (χ0) is 25.3. The summed E-state index contributed by atoms with van der Waals surface area (Å²) in [4.78, 5) is 54.2. The molecule has 7 heteroatoms. The smallest absolute Gasteiger partial charge is 0.316 e. The molecule has 0 N–H and O–H groups in total. The summed E-state index contributed by atoms with van der Waals surface area (Å²) >= 11 is 0. The number of imide groups is 1. The number of nitrogens with zero attached hydrogens (tertiary/aromatic N) is 2. The molecule has 7 nitrogen and oxygen atoms in total. The SMILES string of the molecule is COC(=O)C1(c2ccccc2)CCN(C(=O)c2ccc(CN3C(=O)c4ccccc4C3=O)cc2)CC1. The van der Waals surface area contributed by atoms with Crippen molar-refractivity contribution in [1.29, 1.82) is 0 Å². The van der Waals surface area contributed by atoms with Crippen molar-refractivity contribution in [2.45, 2.75) is 24.8 Å². The molecule has 2 heterocycles. The number of methoxy groups -OCH3 is 1. The number of ether oxygens (including phenoxy) is 1. The Bertz CT molecular complexity index is 1290. The van der Waals surface area contributed by atoms with Gasteiger partial charge in [0, 0.05) is 18.7 Å². The molecular weight excluding hydrogens is 456 g/mol. The summed E-state index contributed by atoms with van der Waals surface area (Å²) < 4.78 is 5.14. The van der Waals surface area contributed by atoms with Crippen molar-refractivity contribution in [3.05, 3.63) is 107 Å². The molecule has 1 fully saturated rings. The third kappa shape index (κ3) is 3.96. The maximum absolute atomic E-state index is 13.2. The number of fused-ring (bicyclic) bond motifs is 1. The van der Waals surface area contributed by atoms with Crippen molar-refractivity contribution in [2.75, 3.05) is 20.2 Å². The molecule has 0 radical (unpaired) electrons. The number of esters is 1. The fraction of sp³-hybridized carbons (Fsp3) is 0.241. The molecule has 3 aromatic carbocycles. The predicted octanol–water partition coefficient (Wildman–Crippen LogP) is 3.83. The Morgan fingerprint density at radius 2 is 1.36 bits per heavy atom. The van der Waals surface area contributed by atoms with E-state index in [1.54, 1.807) is 53.4 Å². The van der Waals surface area contributed by atoms with Crippen LogP contribution in [0.15, 0.2) is 78.9 Å². The van der Waals surface area contributed by atoms with Crippen LogP contribution in [0.3, 0.4) is 0 Å². The lowest BCUT2D eigenvalue weighted by molar-refractivity contribution is -0.149. The number of carbonyl (C=O) groups is 4. The van der Waals surface area contributed by atoms with E-state index < -0.39 is 5.41 Å². The average molecular weight is 483 g/mol. The standard InChI is InChI=1S/C29H26N2O5/c1-36-28(35)29(22-7-3-2-4-8-22)15-17-30(18-16-29)25(32)21-13-11-20(12-14-21)19-31-26(33)23-9-5-6-10-24(23)27(31)34/h2-14H,15-19H2,1H3. The lowest BCUT2D eigenvalue weighted by atomic mass is 9.72. The molecule has 3 amide bonds. The fourth-order valence-corrected chi connectivity index (χ4v) is 5.16. The van der Waals surface area contributed by atoms with E-state index in [0.717, 1.165) is 11.1 Å². The third-order valence-electron chi connectivity index (χ3n) is 7.23. The first kappa shape index (κ1) is 23.5. The molecule has 1 saturated heterocycles. The van der Waals surface area contributed by atoms with Crippen LogP contribution in [-0.2, 0) is 21.5 Å². The molecule has 0 atom stereocenters. The molecule has 0 bridgehead atoms. The molecule has 0 aromatic heterocycles. The lowest BCUT2D eigenvalue weighted by Gasteiger charge is -2.40. The van der Waals surface area contributed by atoms with Gasteiger partial charge in [0.2, 0.25) is 0 Å². The van der Waals surface area contributed by atoms with Crippen molar-refractivity contribution in [2.24, 2.45) is 0 Å². The molecular formula is C29H26N2O5. The van der Waals surface area contributed by atoms with Crippen LogP contribution in [0.25, 0.3) is 0 Å². The van der Waals surface area contributed by atoms with Crippen LogP contribution in [0, 0.1) is 0 Å². The second-order valence-corrected chi connectivity index (χ2v) is 9.17. The summed E-state index contributed by atoms with van der Waals surface area (Å²) in [6, 6.07) is 23.3. The van der Waals surface area contributed by atoms with Crippen molar-refractivity contribution < 1.29 is 23.9 Å². The van der Waals surface area contributed by atoms with Crippen LogP contribution < -0.4 is 0 Å². The second kappa shape index (κ2) is 9.41. The minimum Gasteiger partial charge on any atom is -0.468 e. The number of rotatable bonds is 5. The number of carbonyl (C=O) groups excluding carboxylic acids is 4. The third-order valence-corrected chi connectivity index (χ3v) is 7.23. The normalized spacial score (nSPS) is 16.6. The first-order chi connectivity index (χ1) is 17.4. The highest BCUT2D eigenvalue weighted by atomic mass is 16.5. The summed E-state index contributed by atoms with van der Waals surface area (Å²) in [6.45, 7) is 1.00. The number of likely N-dealkylation sites (tertiary alicyclic amines) is 1. The van der Waals surface area contributed by atoms with Crippen LogP contribution in [0.4, 0.5) is 0 Å². The molecule has 0 saturated carbocycles. The number of hydrogen-bond acceptors (Lipinski definition) is 5. The van der Waals surface area contributed by atoms with Crippen molar-refractivity contribution in [3.63, 3.8) is 0 Å². The van der Waals surface area contributed by atoms with E-state index in [1.165, 1.54) is 12.0 Å². The van der Waals surface area contributed by atoms with E-state index in [0.29, 0.717) is 42.6 Å². The molecule has 5 rings (SSSR count). The maximum atomic E-state index is 13.2. The minimum atomic E-state index is -0.761. The summed E-state index contributed by atoms with van der Waals surface area (Å²) in [5.41, 5.74) is 2.25. The van der Waals surface area contributed by atoms with Gasteiger partial charge in [-0.2, -0.15) is 0 Å². The Labute approximate surface area is 209 Å². The molecule has 0 unspecified atom stereocenters. The van der Waals surface area contributed by atoms with Gasteiger partial charge in [-0.25, -0.2) is 0 Å². The molecule has 3 aromatic rings. The van der Waals surface area contributed by atoms with E-state index in [1.807, 2.05) is 30.3 Å². The summed E-state index contributed by atoms with van der Waals surface area (Å²) in [5.74, 6) is -1.01. The summed E-state index contributed by atoms with van der Waals surface area (Å²) in [6.07, 6.45) is 0.959. The second-order valence-electron chi connectivity index (χ2n) is 9.17. The van der Waals surface area contributed by atoms with E-state index in [9.17, 15) is 19.2 Å². The number of hydrogen-bond donors (Lipinski definition) is 0. The molecule has 182 valence electrons. The van der Waals surface area contributed by atoms with Crippen LogP contribution in [0.1, 0.15) is 55.0 Å². The fourth-order valence-electron chi connectivity index (χ4n) is 5.16. The molecule has 0 aliphatic carbocycles. The van der Waals surface area contributed by atoms with Crippen molar-refractivity contribution in [3.8, 4) is 0 Å². The number of piperidine rings is 1. The van der Waals surface area contributed by atoms with Gasteiger partial charge in [0.1, 0.15) is 0 Å². The zero-order valence-electron chi connectivity index (χ0n) is 20.0. The van der Waals surface area contributed by atoms with Gasteiger partial charge in [0.25, 0.3) is 17.7 Å². The highest BCUT2D eigenvalue weighted by Gasteiger charge is 2.44. The molecule has 2 aliphatic heterocycles. The Balaban J connectivity index is 1.26. The van der Waals surface area contributed by atoms with E-state index >= 15 is 0 Å². The van der Waals surface area contributed by atoms with Crippen LogP contribution in [-0.4, -0.2) is 53.7 Å². The Hall–Kier alpha value is -4.26.